The normalized spacial score (nSPS) is 25.1. The van der Waals surface area contributed by atoms with Crippen LogP contribution in [0, 0.1) is 5.92 Å². The van der Waals surface area contributed by atoms with Gasteiger partial charge in [-0.25, -0.2) is 13.8 Å². The first-order chi connectivity index (χ1) is 10.6. The van der Waals surface area contributed by atoms with Crippen molar-refractivity contribution < 1.29 is 13.6 Å². The molecule has 120 valence electrons. The highest BCUT2D eigenvalue weighted by Crippen LogP contribution is 2.30. The molecular weight excluding hydrogens is 288 g/mol. The second-order valence-corrected chi connectivity index (χ2v) is 6.15. The highest BCUT2D eigenvalue weighted by Gasteiger charge is 2.38. The van der Waals surface area contributed by atoms with Crippen molar-refractivity contribution in [3.8, 4) is 0 Å². The molecule has 2 aliphatic heterocycles. The summed E-state index contributed by atoms with van der Waals surface area (Å²) in [5.41, 5.74) is 0. The quantitative estimate of drug-likeness (QED) is 0.842. The van der Waals surface area contributed by atoms with Crippen LogP contribution in [0.2, 0.25) is 0 Å². The van der Waals surface area contributed by atoms with Gasteiger partial charge in [-0.1, -0.05) is 6.07 Å². The van der Waals surface area contributed by atoms with Gasteiger partial charge in [-0.15, -0.1) is 0 Å². The van der Waals surface area contributed by atoms with E-state index in [1.807, 2.05) is 18.2 Å². The average molecular weight is 309 g/mol. The van der Waals surface area contributed by atoms with Gasteiger partial charge in [-0.05, 0) is 25.0 Å². The van der Waals surface area contributed by atoms with E-state index in [9.17, 15) is 13.6 Å². The molecule has 0 saturated carbocycles. The third kappa shape index (κ3) is 3.36. The molecule has 0 bridgehead atoms. The van der Waals surface area contributed by atoms with Crippen LogP contribution in [-0.4, -0.2) is 47.9 Å². The smallest absolute Gasteiger partial charge is 0.251 e. The Morgan fingerprint density at radius 3 is 2.68 bits per heavy atom. The SMILES string of the molecule is O=C(C1CCCN(c2ccccn2)C1)N1CCC(F)(F)CC1. The van der Waals surface area contributed by atoms with E-state index in [0.717, 1.165) is 25.2 Å². The topological polar surface area (TPSA) is 36.4 Å². The van der Waals surface area contributed by atoms with Crippen molar-refractivity contribution in [1.29, 1.82) is 0 Å². The Kier molecular flexibility index (Phi) is 4.27. The lowest BCUT2D eigenvalue weighted by molar-refractivity contribution is -0.141. The minimum absolute atomic E-state index is 0.0242. The molecule has 0 N–H and O–H groups in total. The van der Waals surface area contributed by atoms with Crippen molar-refractivity contribution in [2.24, 2.45) is 5.92 Å². The summed E-state index contributed by atoms with van der Waals surface area (Å²) < 4.78 is 26.4. The van der Waals surface area contributed by atoms with E-state index in [1.165, 1.54) is 0 Å². The standard InChI is InChI=1S/C16H21F2N3O/c17-16(18)6-10-20(11-7-16)15(22)13-4-3-9-21(12-13)14-5-1-2-8-19-14/h1-2,5,8,13H,3-4,6-7,9-12H2. The van der Waals surface area contributed by atoms with E-state index < -0.39 is 5.92 Å². The third-order valence-electron chi connectivity index (χ3n) is 4.55. The number of likely N-dealkylation sites (tertiary alicyclic amines) is 1. The van der Waals surface area contributed by atoms with Crippen LogP contribution in [0.1, 0.15) is 25.7 Å². The fourth-order valence-corrected chi connectivity index (χ4v) is 3.24. The summed E-state index contributed by atoms with van der Waals surface area (Å²) in [6.07, 6.45) is 3.07. The number of amides is 1. The molecule has 1 aromatic rings. The minimum Gasteiger partial charge on any atom is -0.356 e. The Hall–Kier alpha value is -1.72. The van der Waals surface area contributed by atoms with E-state index in [1.54, 1.807) is 11.1 Å². The van der Waals surface area contributed by atoms with Crippen LogP contribution < -0.4 is 4.90 Å². The summed E-state index contributed by atoms with van der Waals surface area (Å²) in [6, 6.07) is 5.73. The monoisotopic (exact) mass is 309 g/mol. The number of piperidine rings is 2. The lowest BCUT2D eigenvalue weighted by Crippen LogP contribution is -2.49. The number of aromatic nitrogens is 1. The first kappa shape index (κ1) is 15.2. The number of anilines is 1. The number of hydrogen-bond acceptors (Lipinski definition) is 3. The van der Waals surface area contributed by atoms with Crippen molar-refractivity contribution in [2.75, 3.05) is 31.1 Å². The highest BCUT2D eigenvalue weighted by molar-refractivity contribution is 5.79. The largest absolute Gasteiger partial charge is 0.356 e. The van der Waals surface area contributed by atoms with Gasteiger partial charge in [0.2, 0.25) is 5.91 Å². The fraction of sp³-hybridized carbons (Fsp3) is 0.625. The maximum Gasteiger partial charge on any atom is 0.251 e. The molecule has 0 spiro atoms. The molecule has 2 aliphatic rings. The van der Waals surface area contributed by atoms with E-state index in [4.69, 9.17) is 0 Å². The summed E-state index contributed by atoms with van der Waals surface area (Å²) >= 11 is 0. The third-order valence-corrected chi connectivity index (χ3v) is 4.55. The van der Waals surface area contributed by atoms with Crippen LogP contribution in [0.3, 0.4) is 0 Å². The molecule has 2 saturated heterocycles. The van der Waals surface area contributed by atoms with Crippen molar-refractivity contribution in [1.82, 2.24) is 9.88 Å². The summed E-state index contributed by atoms with van der Waals surface area (Å²) in [5, 5.41) is 0. The summed E-state index contributed by atoms with van der Waals surface area (Å²) in [6.45, 7) is 1.86. The lowest BCUT2D eigenvalue weighted by atomic mass is 9.95. The van der Waals surface area contributed by atoms with Crippen molar-refractivity contribution in [2.45, 2.75) is 31.6 Å². The fourth-order valence-electron chi connectivity index (χ4n) is 3.24. The van der Waals surface area contributed by atoms with E-state index in [-0.39, 0.29) is 37.8 Å². The number of halogens is 2. The van der Waals surface area contributed by atoms with Gasteiger partial charge in [0.25, 0.3) is 5.92 Å². The zero-order valence-electron chi connectivity index (χ0n) is 12.5. The van der Waals surface area contributed by atoms with Crippen LogP contribution in [0.25, 0.3) is 0 Å². The Morgan fingerprint density at radius 2 is 2.00 bits per heavy atom. The predicted octanol–water partition coefficient (Wildman–Crippen LogP) is 2.56. The molecule has 0 radical (unpaired) electrons. The average Bonchev–Trinajstić information content (AvgIpc) is 2.55. The first-order valence-electron chi connectivity index (χ1n) is 7.88. The minimum atomic E-state index is -2.61. The van der Waals surface area contributed by atoms with E-state index in [0.29, 0.717) is 6.54 Å². The van der Waals surface area contributed by atoms with Gasteiger partial charge in [0.05, 0.1) is 5.92 Å². The maximum atomic E-state index is 13.2. The van der Waals surface area contributed by atoms with Crippen molar-refractivity contribution >= 4 is 11.7 Å². The predicted molar refractivity (Wildman–Crippen MR) is 79.9 cm³/mol. The molecular formula is C16H21F2N3O. The Bertz CT molecular complexity index is 513. The molecule has 2 fully saturated rings. The van der Waals surface area contributed by atoms with Crippen LogP contribution >= 0.6 is 0 Å². The van der Waals surface area contributed by atoms with Gasteiger partial charge in [-0.3, -0.25) is 4.79 Å². The molecule has 4 nitrogen and oxygen atoms in total. The lowest BCUT2D eigenvalue weighted by Gasteiger charge is -2.38. The molecule has 1 unspecified atom stereocenters. The molecule has 6 heteroatoms. The second-order valence-electron chi connectivity index (χ2n) is 6.15. The van der Waals surface area contributed by atoms with Crippen molar-refractivity contribution in [3.63, 3.8) is 0 Å². The zero-order valence-corrected chi connectivity index (χ0v) is 12.5. The maximum absolute atomic E-state index is 13.2. The number of hydrogen-bond donors (Lipinski definition) is 0. The van der Waals surface area contributed by atoms with Gasteiger partial charge >= 0.3 is 0 Å². The number of rotatable bonds is 2. The Balaban J connectivity index is 1.61. The molecule has 3 heterocycles. The Labute approximate surface area is 129 Å². The van der Waals surface area contributed by atoms with E-state index >= 15 is 0 Å². The summed E-state index contributed by atoms with van der Waals surface area (Å²) in [7, 11) is 0. The zero-order chi connectivity index (χ0) is 15.6. The number of carbonyl (C=O) groups excluding carboxylic acids is 1. The van der Waals surface area contributed by atoms with E-state index in [2.05, 4.69) is 9.88 Å². The van der Waals surface area contributed by atoms with Crippen LogP contribution in [0.5, 0.6) is 0 Å². The second kappa shape index (κ2) is 6.18. The van der Waals surface area contributed by atoms with Gasteiger partial charge in [0, 0.05) is 45.2 Å². The van der Waals surface area contributed by atoms with Gasteiger partial charge in [0.15, 0.2) is 0 Å². The number of alkyl halides is 2. The molecule has 1 atom stereocenters. The van der Waals surface area contributed by atoms with Crippen LogP contribution in [-0.2, 0) is 4.79 Å². The summed E-state index contributed by atoms with van der Waals surface area (Å²) in [5.74, 6) is -1.81. The first-order valence-corrected chi connectivity index (χ1v) is 7.88. The van der Waals surface area contributed by atoms with Gasteiger partial charge < -0.3 is 9.80 Å². The van der Waals surface area contributed by atoms with Gasteiger partial charge in [0.1, 0.15) is 5.82 Å². The van der Waals surface area contributed by atoms with Crippen LogP contribution in [0.15, 0.2) is 24.4 Å². The molecule has 22 heavy (non-hydrogen) atoms. The Morgan fingerprint density at radius 1 is 1.23 bits per heavy atom. The molecule has 3 rings (SSSR count). The molecule has 0 aromatic carbocycles. The van der Waals surface area contributed by atoms with Crippen LogP contribution in [0.4, 0.5) is 14.6 Å². The van der Waals surface area contributed by atoms with Gasteiger partial charge in [-0.2, -0.15) is 0 Å². The molecule has 1 amide bonds. The number of carbonyl (C=O) groups is 1. The van der Waals surface area contributed by atoms with Crippen molar-refractivity contribution in [3.05, 3.63) is 24.4 Å². The molecule has 0 aliphatic carbocycles. The number of nitrogens with zero attached hydrogens (tertiary/aromatic N) is 3. The summed E-state index contributed by atoms with van der Waals surface area (Å²) in [4.78, 5) is 20.6. The highest BCUT2D eigenvalue weighted by atomic mass is 19.3. The molecule has 1 aromatic heterocycles. The number of pyridine rings is 1.